The summed E-state index contributed by atoms with van der Waals surface area (Å²) in [6.07, 6.45) is 2.32. The van der Waals surface area contributed by atoms with E-state index in [1.807, 2.05) is 25.1 Å². The molecule has 1 amide bonds. The number of anilines is 1. The van der Waals surface area contributed by atoms with E-state index in [1.165, 1.54) is 15.8 Å². The predicted octanol–water partition coefficient (Wildman–Crippen LogP) is 2.81. The average Bonchev–Trinajstić information content (AvgIpc) is 2.98. The molecule has 2 aromatic rings. The Hall–Kier alpha value is -2.35. The molecule has 1 heterocycles. The third kappa shape index (κ3) is 4.82. The van der Waals surface area contributed by atoms with Gasteiger partial charge in [0.25, 0.3) is 0 Å². The minimum Gasteiger partial charge on any atom is -0.476 e. The van der Waals surface area contributed by atoms with Gasteiger partial charge in [-0.25, -0.2) is 9.48 Å². The highest BCUT2D eigenvalue weighted by Gasteiger charge is 2.12. The normalized spacial score (nSPS) is 12.0. The molecule has 2 rings (SSSR count). The van der Waals surface area contributed by atoms with Gasteiger partial charge < -0.3 is 10.4 Å². The molecule has 0 bridgehead atoms. The molecular weight excluding hydrogens is 328 g/mol. The maximum Gasteiger partial charge on any atom is 0.358 e. The van der Waals surface area contributed by atoms with Crippen LogP contribution in [0.2, 0.25) is 0 Å². The number of hydrogen-bond donors (Lipinski definition) is 2. The minimum absolute atomic E-state index is 0.0942. The largest absolute Gasteiger partial charge is 0.476 e. The fraction of sp³-hybridized carbons (Fsp3) is 0.375. The van der Waals surface area contributed by atoms with E-state index < -0.39 is 5.97 Å². The van der Waals surface area contributed by atoms with Crippen LogP contribution < -0.4 is 5.32 Å². The summed E-state index contributed by atoms with van der Waals surface area (Å²) in [4.78, 5) is 24.0. The fourth-order valence-electron chi connectivity index (χ4n) is 1.98. The summed E-state index contributed by atoms with van der Waals surface area (Å²) in [5.41, 5.74) is 1.51. The van der Waals surface area contributed by atoms with Crippen LogP contribution >= 0.6 is 11.8 Å². The first-order chi connectivity index (χ1) is 11.4. The number of carboxylic acid groups (broad SMARTS) is 1. The summed E-state index contributed by atoms with van der Waals surface area (Å²) in [7, 11) is 0. The van der Waals surface area contributed by atoms with Crippen molar-refractivity contribution in [3.8, 4) is 0 Å². The van der Waals surface area contributed by atoms with Crippen LogP contribution in [-0.4, -0.2) is 37.2 Å². The Labute approximate surface area is 144 Å². The number of aromatic carboxylic acids is 1. The summed E-state index contributed by atoms with van der Waals surface area (Å²) in [6.45, 7) is 6.18. The number of benzene rings is 1. The fourth-order valence-corrected chi connectivity index (χ4v) is 3.00. The van der Waals surface area contributed by atoms with Gasteiger partial charge in [-0.2, -0.15) is 0 Å². The van der Waals surface area contributed by atoms with Gasteiger partial charge in [0.1, 0.15) is 6.54 Å². The van der Waals surface area contributed by atoms with E-state index in [9.17, 15) is 9.59 Å². The highest BCUT2D eigenvalue weighted by Crippen LogP contribution is 2.28. The molecule has 0 aliphatic carbocycles. The molecule has 0 saturated carbocycles. The lowest BCUT2D eigenvalue weighted by atomic mass is 10.2. The van der Waals surface area contributed by atoms with E-state index in [1.54, 1.807) is 11.8 Å². The number of rotatable bonds is 7. The van der Waals surface area contributed by atoms with Crippen LogP contribution in [0.4, 0.5) is 5.69 Å². The minimum atomic E-state index is -1.17. The highest BCUT2D eigenvalue weighted by atomic mass is 32.2. The van der Waals surface area contributed by atoms with E-state index in [2.05, 4.69) is 29.5 Å². The lowest BCUT2D eigenvalue weighted by Gasteiger charge is -2.12. The second kappa shape index (κ2) is 7.96. The summed E-state index contributed by atoms with van der Waals surface area (Å²) < 4.78 is 1.20. The van der Waals surface area contributed by atoms with Crippen molar-refractivity contribution in [3.63, 3.8) is 0 Å². The van der Waals surface area contributed by atoms with Gasteiger partial charge in [-0.3, -0.25) is 4.79 Å². The van der Waals surface area contributed by atoms with Crippen LogP contribution in [0.15, 0.2) is 29.3 Å². The summed E-state index contributed by atoms with van der Waals surface area (Å²) in [5.74, 6) is -1.46. The lowest BCUT2D eigenvalue weighted by Crippen LogP contribution is -2.19. The maximum atomic E-state index is 12.1. The molecule has 0 aliphatic heterocycles. The number of hydrogen-bond acceptors (Lipinski definition) is 5. The molecule has 0 saturated heterocycles. The molecule has 24 heavy (non-hydrogen) atoms. The monoisotopic (exact) mass is 348 g/mol. The third-order valence-corrected chi connectivity index (χ3v) is 4.71. The molecular formula is C16H20N4O3S. The average molecular weight is 348 g/mol. The van der Waals surface area contributed by atoms with Crippen LogP contribution in [0.3, 0.4) is 0 Å². The number of carbonyl (C=O) groups is 2. The number of carboxylic acids is 1. The first kappa shape index (κ1) is 18.0. The first-order valence-electron chi connectivity index (χ1n) is 7.59. The molecule has 0 spiro atoms. The second-order valence-electron chi connectivity index (χ2n) is 5.47. The zero-order chi connectivity index (χ0) is 17.7. The molecule has 1 aromatic heterocycles. The van der Waals surface area contributed by atoms with Crippen molar-refractivity contribution >= 4 is 29.3 Å². The number of nitrogens with zero attached hydrogens (tertiary/aromatic N) is 3. The molecule has 0 fully saturated rings. The Kier molecular flexibility index (Phi) is 5.97. The molecule has 1 atom stereocenters. The van der Waals surface area contributed by atoms with E-state index in [-0.39, 0.29) is 18.1 Å². The second-order valence-corrected chi connectivity index (χ2v) is 6.98. The Morgan fingerprint density at radius 3 is 2.75 bits per heavy atom. The Morgan fingerprint density at radius 2 is 2.17 bits per heavy atom. The number of aryl methyl sites for hydroxylation is 1. The number of thioether (sulfide) groups is 1. The SMILES string of the molecule is CCC(C)Sc1ccc(NC(=O)Cn2cc(C(=O)O)nn2)c(C)c1. The van der Waals surface area contributed by atoms with Crippen molar-refractivity contribution in [1.29, 1.82) is 0 Å². The summed E-state index contributed by atoms with van der Waals surface area (Å²) >= 11 is 1.80. The molecule has 0 radical (unpaired) electrons. The van der Waals surface area contributed by atoms with E-state index in [0.717, 1.165) is 17.7 Å². The van der Waals surface area contributed by atoms with Gasteiger partial charge in [-0.05, 0) is 37.1 Å². The standard InChI is InChI=1S/C16H20N4O3S/c1-4-11(3)24-12-5-6-13(10(2)7-12)17-15(21)9-20-8-14(16(22)23)18-19-20/h5-8,11H,4,9H2,1-3H3,(H,17,21)(H,22,23). The van der Waals surface area contributed by atoms with Crippen LogP contribution in [-0.2, 0) is 11.3 Å². The molecule has 1 aromatic carbocycles. The van der Waals surface area contributed by atoms with E-state index in [4.69, 9.17) is 5.11 Å². The van der Waals surface area contributed by atoms with Crippen molar-refractivity contribution in [3.05, 3.63) is 35.7 Å². The van der Waals surface area contributed by atoms with Crippen LogP contribution in [0.5, 0.6) is 0 Å². The lowest BCUT2D eigenvalue weighted by molar-refractivity contribution is -0.116. The van der Waals surface area contributed by atoms with E-state index in [0.29, 0.717) is 5.25 Å². The number of aromatic nitrogens is 3. The van der Waals surface area contributed by atoms with Gasteiger partial charge in [0.05, 0.1) is 6.20 Å². The smallest absolute Gasteiger partial charge is 0.358 e. The van der Waals surface area contributed by atoms with Gasteiger partial charge in [-0.1, -0.05) is 19.1 Å². The van der Waals surface area contributed by atoms with Gasteiger partial charge in [0.2, 0.25) is 5.91 Å². The van der Waals surface area contributed by atoms with Crippen molar-refractivity contribution in [1.82, 2.24) is 15.0 Å². The Morgan fingerprint density at radius 1 is 1.42 bits per heavy atom. The molecule has 2 N–H and O–H groups in total. The number of carbonyl (C=O) groups excluding carboxylic acids is 1. The molecule has 7 nitrogen and oxygen atoms in total. The number of nitrogens with one attached hydrogen (secondary N) is 1. The van der Waals surface area contributed by atoms with Crippen molar-refractivity contribution in [2.45, 2.75) is 43.9 Å². The van der Waals surface area contributed by atoms with E-state index >= 15 is 0 Å². The molecule has 0 aliphatic rings. The highest BCUT2D eigenvalue weighted by molar-refractivity contribution is 7.99. The van der Waals surface area contributed by atoms with Gasteiger partial charge in [0, 0.05) is 15.8 Å². The van der Waals surface area contributed by atoms with Crippen molar-refractivity contribution in [2.24, 2.45) is 0 Å². The first-order valence-corrected chi connectivity index (χ1v) is 8.47. The van der Waals surface area contributed by atoms with Gasteiger partial charge >= 0.3 is 5.97 Å². The Balaban J connectivity index is 1.99. The third-order valence-electron chi connectivity index (χ3n) is 3.45. The van der Waals surface area contributed by atoms with Crippen molar-refractivity contribution in [2.75, 3.05) is 5.32 Å². The van der Waals surface area contributed by atoms with Crippen LogP contribution in [0.1, 0.15) is 36.3 Å². The predicted molar refractivity (Wildman–Crippen MR) is 92.4 cm³/mol. The molecule has 128 valence electrons. The summed E-state index contributed by atoms with van der Waals surface area (Å²) in [6, 6.07) is 5.91. The van der Waals surface area contributed by atoms with Crippen LogP contribution in [0, 0.1) is 6.92 Å². The zero-order valence-corrected chi connectivity index (χ0v) is 14.6. The topological polar surface area (TPSA) is 97.1 Å². The molecule has 8 heteroatoms. The van der Waals surface area contributed by atoms with Crippen LogP contribution in [0.25, 0.3) is 0 Å². The number of amides is 1. The maximum absolute atomic E-state index is 12.1. The molecule has 1 unspecified atom stereocenters. The van der Waals surface area contributed by atoms with Gasteiger partial charge in [-0.15, -0.1) is 16.9 Å². The van der Waals surface area contributed by atoms with Gasteiger partial charge in [0.15, 0.2) is 5.69 Å². The summed E-state index contributed by atoms with van der Waals surface area (Å²) in [5, 5.41) is 19.2. The Bertz CT molecular complexity index is 745. The zero-order valence-electron chi connectivity index (χ0n) is 13.8. The quantitative estimate of drug-likeness (QED) is 0.747. The van der Waals surface area contributed by atoms with Crippen molar-refractivity contribution < 1.29 is 14.7 Å².